The zero-order chi connectivity index (χ0) is 20.5. The van der Waals surface area contributed by atoms with E-state index in [0.29, 0.717) is 0 Å². The fraction of sp³-hybridized carbons (Fsp3) is 0.440. The molecule has 0 heterocycles. The largest absolute Gasteiger partial charge is 0.206 e. The molecule has 2 aliphatic carbocycles. The average molecular weight is 402 g/mol. The molecule has 0 radical (unpaired) electrons. The maximum atomic E-state index is 14.7. The predicted octanol–water partition coefficient (Wildman–Crippen LogP) is 7.93. The molecule has 1 unspecified atom stereocenters. The lowest BCUT2D eigenvalue weighted by Gasteiger charge is -2.32. The first kappa shape index (κ1) is 20.2. The van der Waals surface area contributed by atoms with Gasteiger partial charge in [-0.25, -0.2) is 17.6 Å². The van der Waals surface area contributed by atoms with E-state index in [-0.39, 0.29) is 17.0 Å². The van der Waals surface area contributed by atoms with Gasteiger partial charge in [-0.1, -0.05) is 43.5 Å². The van der Waals surface area contributed by atoms with E-state index in [1.807, 2.05) is 6.07 Å². The fourth-order valence-electron chi connectivity index (χ4n) is 4.89. The summed E-state index contributed by atoms with van der Waals surface area (Å²) in [7, 11) is 0. The van der Waals surface area contributed by atoms with Gasteiger partial charge in [0.15, 0.2) is 17.5 Å². The predicted molar refractivity (Wildman–Crippen MR) is 108 cm³/mol. The van der Waals surface area contributed by atoms with Crippen LogP contribution in [0.5, 0.6) is 0 Å². The van der Waals surface area contributed by atoms with Crippen molar-refractivity contribution in [1.29, 1.82) is 0 Å². The van der Waals surface area contributed by atoms with Crippen LogP contribution in [-0.4, -0.2) is 0 Å². The molecule has 2 aromatic rings. The van der Waals surface area contributed by atoms with E-state index < -0.39 is 23.3 Å². The van der Waals surface area contributed by atoms with Crippen LogP contribution in [0.4, 0.5) is 17.6 Å². The zero-order valence-electron chi connectivity index (χ0n) is 16.7. The van der Waals surface area contributed by atoms with Gasteiger partial charge in [-0.15, -0.1) is 0 Å². The van der Waals surface area contributed by atoms with Gasteiger partial charge in [0.2, 0.25) is 0 Å². The van der Waals surface area contributed by atoms with Crippen LogP contribution in [0, 0.1) is 35.1 Å². The summed E-state index contributed by atoms with van der Waals surface area (Å²) in [5.41, 5.74) is 2.56. The third kappa shape index (κ3) is 4.26. The fourth-order valence-corrected chi connectivity index (χ4v) is 4.89. The lowest BCUT2D eigenvalue weighted by Crippen LogP contribution is -2.17. The molecule has 2 aromatic carbocycles. The van der Waals surface area contributed by atoms with E-state index in [9.17, 15) is 17.6 Å². The summed E-state index contributed by atoms with van der Waals surface area (Å²) in [6.07, 6.45) is 10.5. The quantitative estimate of drug-likeness (QED) is 0.278. The third-order valence-corrected chi connectivity index (χ3v) is 6.75. The van der Waals surface area contributed by atoms with Crippen LogP contribution in [0.1, 0.15) is 63.4 Å². The van der Waals surface area contributed by atoms with Crippen LogP contribution in [0.2, 0.25) is 0 Å². The highest BCUT2D eigenvalue weighted by Gasteiger charge is 2.25. The van der Waals surface area contributed by atoms with E-state index in [4.69, 9.17) is 0 Å². The average Bonchev–Trinajstić information content (AvgIpc) is 2.72. The van der Waals surface area contributed by atoms with E-state index in [2.05, 4.69) is 13.0 Å². The zero-order valence-corrected chi connectivity index (χ0v) is 16.7. The van der Waals surface area contributed by atoms with Gasteiger partial charge >= 0.3 is 0 Å². The number of benzene rings is 2. The Labute approximate surface area is 169 Å². The lowest BCUT2D eigenvalue weighted by atomic mass is 9.74. The smallest absolute Gasteiger partial charge is 0.194 e. The minimum absolute atomic E-state index is 0.00260. The van der Waals surface area contributed by atoms with Crippen molar-refractivity contribution in [2.75, 3.05) is 0 Å². The molecule has 0 spiro atoms. The second-order valence-corrected chi connectivity index (χ2v) is 8.70. The highest BCUT2D eigenvalue weighted by Crippen LogP contribution is 2.41. The van der Waals surface area contributed by atoms with Crippen LogP contribution in [-0.2, 0) is 0 Å². The maximum Gasteiger partial charge on any atom is 0.194 e. The summed E-state index contributed by atoms with van der Waals surface area (Å²) in [4.78, 5) is 0. The molecule has 1 saturated carbocycles. The van der Waals surface area contributed by atoms with Gasteiger partial charge in [-0.3, -0.25) is 0 Å². The van der Waals surface area contributed by atoms with Crippen molar-refractivity contribution < 1.29 is 17.6 Å². The molecule has 29 heavy (non-hydrogen) atoms. The van der Waals surface area contributed by atoms with Crippen molar-refractivity contribution in [2.24, 2.45) is 11.8 Å². The van der Waals surface area contributed by atoms with Gasteiger partial charge < -0.3 is 0 Å². The van der Waals surface area contributed by atoms with E-state index >= 15 is 0 Å². The molecule has 0 aromatic heterocycles. The van der Waals surface area contributed by atoms with E-state index in [1.54, 1.807) is 11.6 Å². The van der Waals surface area contributed by atoms with Gasteiger partial charge in [0.25, 0.3) is 0 Å². The van der Waals surface area contributed by atoms with Crippen molar-refractivity contribution in [3.05, 3.63) is 70.8 Å². The minimum atomic E-state index is -1.54. The topological polar surface area (TPSA) is 0 Å². The molecule has 154 valence electrons. The van der Waals surface area contributed by atoms with E-state index in [0.717, 1.165) is 48.8 Å². The number of hydrogen-bond donors (Lipinski definition) is 0. The second kappa shape index (κ2) is 8.33. The molecule has 0 nitrogen and oxygen atoms in total. The Hall–Kier alpha value is -2.10. The monoisotopic (exact) mass is 402 g/mol. The van der Waals surface area contributed by atoms with Crippen LogP contribution < -0.4 is 0 Å². The highest BCUT2D eigenvalue weighted by molar-refractivity contribution is 5.65. The lowest BCUT2D eigenvalue weighted by molar-refractivity contribution is 0.310. The Morgan fingerprint density at radius 3 is 2.03 bits per heavy atom. The molecule has 1 fully saturated rings. The molecule has 0 amide bonds. The summed E-state index contributed by atoms with van der Waals surface area (Å²) in [5, 5.41) is 0. The molecule has 1 atom stereocenters. The number of allylic oxidation sites excluding steroid dienone is 2. The SMILES string of the molecule is CC1CCC(C2=CCC(c3ccc(-c4cc(F)c(F)c(F)c4)c(F)c3)CC2)CC1. The summed E-state index contributed by atoms with van der Waals surface area (Å²) in [6.45, 7) is 2.33. The van der Waals surface area contributed by atoms with Crippen molar-refractivity contribution >= 4 is 0 Å². The summed E-state index contributed by atoms with van der Waals surface area (Å²) in [6, 6.07) is 6.48. The third-order valence-electron chi connectivity index (χ3n) is 6.75. The molecule has 0 aliphatic heterocycles. The second-order valence-electron chi connectivity index (χ2n) is 8.70. The first-order valence-corrected chi connectivity index (χ1v) is 10.6. The highest BCUT2D eigenvalue weighted by atomic mass is 19.2. The molecular weight excluding hydrogens is 376 g/mol. The van der Waals surface area contributed by atoms with Gasteiger partial charge in [0.05, 0.1) is 0 Å². The Balaban J connectivity index is 1.49. The molecule has 4 rings (SSSR count). The Bertz CT molecular complexity index is 899. The van der Waals surface area contributed by atoms with Crippen LogP contribution >= 0.6 is 0 Å². The van der Waals surface area contributed by atoms with Gasteiger partial charge in [-0.05, 0) is 79.2 Å². The minimum Gasteiger partial charge on any atom is -0.206 e. The summed E-state index contributed by atoms with van der Waals surface area (Å²) < 4.78 is 54.9. The molecule has 0 bridgehead atoms. The maximum absolute atomic E-state index is 14.7. The standard InChI is InChI=1S/C25H26F4/c1-15-2-4-16(5-3-15)17-6-8-18(9-7-17)19-10-11-21(22(26)12-19)20-13-23(27)25(29)24(28)14-20/h6,10-16,18H,2-5,7-9H2,1H3. The normalized spacial score (nSPS) is 25.0. The van der Waals surface area contributed by atoms with Crippen molar-refractivity contribution in [3.8, 4) is 11.1 Å². The van der Waals surface area contributed by atoms with Crippen molar-refractivity contribution in [3.63, 3.8) is 0 Å². The Morgan fingerprint density at radius 2 is 1.45 bits per heavy atom. The molecule has 2 aliphatic rings. The Morgan fingerprint density at radius 1 is 0.759 bits per heavy atom. The molecule has 0 N–H and O–H groups in total. The summed E-state index contributed by atoms with van der Waals surface area (Å²) >= 11 is 0. The van der Waals surface area contributed by atoms with Crippen molar-refractivity contribution in [2.45, 2.75) is 57.8 Å². The first-order chi connectivity index (χ1) is 13.9. The van der Waals surface area contributed by atoms with Crippen LogP contribution in [0.3, 0.4) is 0 Å². The van der Waals surface area contributed by atoms with Gasteiger partial charge in [0.1, 0.15) is 5.82 Å². The molecule has 0 saturated heterocycles. The van der Waals surface area contributed by atoms with Crippen LogP contribution in [0.25, 0.3) is 11.1 Å². The molecule has 4 heteroatoms. The first-order valence-electron chi connectivity index (χ1n) is 10.6. The van der Waals surface area contributed by atoms with E-state index in [1.165, 1.54) is 31.7 Å². The molecular formula is C25H26F4. The van der Waals surface area contributed by atoms with Crippen molar-refractivity contribution in [1.82, 2.24) is 0 Å². The van der Waals surface area contributed by atoms with Gasteiger partial charge in [0, 0.05) is 5.56 Å². The van der Waals surface area contributed by atoms with Crippen LogP contribution in [0.15, 0.2) is 42.0 Å². The number of halogens is 4. The van der Waals surface area contributed by atoms with Gasteiger partial charge in [-0.2, -0.15) is 0 Å². The Kier molecular flexibility index (Phi) is 5.80. The summed E-state index contributed by atoms with van der Waals surface area (Å²) in [5.74, 6) is -2.89. The number of hydrogen-bond acceptors (Lipinski definition) is 0. The number of rotatable bonds is 3.